The summed E-state index contributed by atoms with van der Waals surface area (Å²) >= 11 is 0. The molecule has 2 aromatic heterocycles. The highest BCUT2D eigenvalue weighted by molar-refractivity contribution is 5.70. The first-order valence-electron chi connectivity index (χ1n) is 10.8. The van der Waals surface area contributed by atoms with Crippen LogP contribution in [0.5, 0.6) is 5.75 Å². The Morgan fingerprint density at radius 1 is 1.29 bits per heavy atom. The number of aryl methyl sites for hydroxylation is 2. The van der Waals surface area contributed by atoms with Crippen LogP contribution in [0.4, 0.5) is 5.69 Å². The molecule has 0 aliphatic carbocycles. The number of aromatic nitrogens is 4. The molecule has 2 heterocycles. The number of imidazole rings is 1. The Morgan fingerprint density at radius 3 is 2.74 bits per heavy atom. The fourth-order valence-electron chi connectivity index (χ4n) is 3.42. The van der Waals surface area contributed by atoms with Crippen LogP contribution in [0.3, 0.4) is 0 Å². The van der Waals surface area contributed by atoms with E-state index in [1.807, 2.05) is 39.8 Å². The molecule has 0 saturated carbocycles. The monoisotopic (exact) mass is 428 g/mol. The van der Waals surface area contributed by atoms with Gasteiger partial charge in [0.15, 0.2) is 11.3 Å². The minimum absolute atomic E-state index is 0.251. The fraction of sp³-hybridized carbons (Fsp3) is 0.500. The van der Waals surface area contributed by atoms with Gasteiger partial charge in [-0.25, -0.2) is 9.50 Å². The van der Waals surface area contributed by atoms with E-state index >= 15 is 0 Å². The number of H-pyrrole nitrogens is 1. The van der Waals surface area contributed by atoms with Crippen LogP contribution in [0, 0.1) is 6.92 Å². The van der Waals surface area contributed by atoms with E-state index < -0.39 is 6.23 Å². The normalized spacial score (nSPS) is 12.5. The molecule has 0 spiro atoms. The van der Waals surface area contributed by atoms with Gasteiger partial charge in [0, 0.05) is 24.7 Å². The first-order chi connectivity index (χ1) is 14.8. The van der Waals surface area contributed by atoms with E-state index in [9.17, 15) is 9.90 Å². The number of aromatic amines is 1. The molecule has 1 unspecified atom stereocenters. The molecular formula is C22H32N6O3. The van der Waals surface area contributed by atoms with E-state index in [-0.39, 0.29) is 11.6 Å². The van der Waals surface area contributed by atoms with E-state index in [4.69, 9.17) is 4.74 Å². The van der Waals surface area contributed by atoms with Crippen molar-refractivity contribution in [2.45, 2.75) is 59.7 Å². The van der Waals surface area contributed by atoms with Crippen LogP contribution in [0.25, 0.3) is 16.9 Å². The topological polar surface area (TPSA) is 117 Å². The van der Waals surface area contributed by atoms with Crippen molar-refractivity contribution in [3.63, 3.8) is 0 Å². The average molecular weight is 429 g/mol. The maximum atomic E-state index is 12.8. The zero-order valence-electron chi connectivity index (χ0n) is 18.8. The summed E-state index contributed by atoms with van der Waals surface area (Å²) in [5, 5.41) is 21.2. The van der Waals surface area contributed by atoms with Gasteiger partial charge in [0.05, 0.1) is 17.9 Å². The molecule has 9 nitrogen and oxygen atoms in total. The lowest BCUT2D eigenvalue weighted by Gasteiger charge is -2.18. The van der Waals surface area contributed by atoms with Gasteiger partial charge in [-0.15, -0.1) is 5.10 Å². The number of aliphatic hydroxyl groups excluding tert-OH is 1. The molecule has 31 heavy (non-hydrogen) atoms. The Labute approximate surface area is 181 Å². The van der Waals surface area contributed by atoms with Crippen LogP contribution in [0.2, 0.25) is 0 Å². The van der Waals surface area contributed by atoms with E-state index in [2.05, 4.69) is 32.6 Å². The second kappa shape index (κ2) is 9.93. The molecule has 168 valence electrons. The Balaban J connectivity index is 2.04. The minimum atomic E-state index is -0.768. The first-order valence-corrected chi connectivity index (χ1v) is 10.8. The summed E-state index contributed by atoms with van der Waals surface area (Å²) in [6.45, 7) is 10.7. The summed E-state index contributed by atoms with van der Waals surface area (Å²) in [5.74, 6) is 1.73. The third-order valence-electron chi connectivity index (χ3n) is 4.80. The van der Waals surface area contributed by atoms with E-state index in [1.54, 1.807) is 10.6 Å². The molecule has 0 bridgehead atoms. The van der Waals surface area contributed by atoms with Crippen molar-refractivity contribution < 1.29 is 9.84 Å². The first kappa shape index (κ1) is 22.8. The average Bonchev–Trinajstić information content (AvgIpc) is 3.04. The van der Waals surface area contributed by atoms with E-state index in [0.29, 0.717) is 47.2 Å². The van der Waals surface area contributed by atoms with Gasteiger partial charge in [0.1, 0.15) is 17.8 Å². The van der Waals surface area contributed by atoms with Crippen LogP contribution in [0.15, 0.2) is 23.0 Å². The van der Waals surface area contributed by atoms with Crippen molar-refractivity contribution in [3.8, 4) is 17.1 Å². The number of fused-ring (bicyclic) bond motifs is 1. The molecule has 0 fully saturated rings. The lowest BCUT2D eigenvalue weighted by atomic mass is 10.1. The Kier molecular flexibility index (Phi) is 7.29. The SMILES string of the molecule is CCCc1nc(C)c2c(=O)[nH]c(-c3cc(NC(O)CNC(C)C)ccc3OCC)nn12. The van der Waals surface area contributed by atoms with Gasteiger partial charge in [-0.3, -0.25) is 4.79 Å². The van der Waals surface area contributed by atoms with Crippen molar-refractivity contribution in [1.82, 2.24) is 24.9 Å². The van der Waals surface area contributed by atoms with Gasteiger partial charge in [0.25, 0.3) is 5.56 Å². The van der Waals surface area contributed by atoms with Gasteiger partial charge in [0.2, 0.25) is 0 Å². The number of nitrogens with zero attached hydrogens (tertiary/aromatic N) is 3. The zero-order valence-corrected chi connectivity index (χ0v) is 18.8. The molecule has 0 aliphatic heterocycles. The molecule has 1 aromatic carbocycles. The van der Waals surface area contributed by atoms with Crippen molar-refractivity contribution >= 4 is 11.2 Å². The number of anilines is 1. The number of ether oxygens (including phenoxy) is 1. The van der Waals surface area contributed by atoms with Gasteiger partial charge >= 0.3 is 0 Å². The highest BCUT2D eigenvalue weighted by atomic mass is 16.5. The van der Waals surface area contributed by atoms with Crippen LogP contribution in [-0.2, 0) is 6.42 Å². The lowest BCUT2D eigenvalue weighted by molar-refractivity contribution is 0.196. The second-order valence-electron chi connectivity index (χ2n) is 7.79. The standard InChI is InChI=1S/C22H32N6O3/c1-6-8-18-24-14(5)20-22(30)26-21(27-28(18)20)16-11-15(9-10-17(16)31-7-2)25-19(29)12-23-13(3)4/h9-11,13,19,23,25,29H,6-8,12H2,1-5H3,(H,26,27,30). The molecule has 0 amide bonds. The quantitative estimate of drug-likeness (QED) is 0.367. The predicted molar refractivity (Wildman–Crippen MR) is 122 cm³/mol. The highest BCUT2D eigenvalue weighted by Crippen LogP contribution is 2.30. The number of hydrogen-bond acceptors (Lipinski definition) is 7. The smallest absolute Gasteiger partial charge is 0.277 e. The molecule has 3 aromatic rings. The molecule has 3 rings (SSSR count). The van der Waals surface area contributed by atoms with E-state index in [1.165, 1.54) is 0 Å². The number of rotatable bonds is 10. The van der Waals surface area contributed by atoms with E-state index in [0.717, 1.165) is 18.7 Å². The number of hydrogen-bond donors (Lipinski definition) is 4. The predicted octanol–water partition coefficient (Wildman–Crippen LogP) is 2.47. The third-order valence-corrected chi connectivity index (χ3v) is 4.80. The summed E-state index contributed by atoms with van der Waals surface area (Å²) in [4.78, 5) is 20.2. The van der Waals surface area contributed by atoms with Crippen molar-refractivity contribution in [2.24, 2.45) is 0 Å². The second-order valence-corrected chi connectivity index (χ2v) is 7.79. The molecular weight excluding hydrogens is 396 g/mol. The number of benzene rings is 1. The molecule has 0 radical (unpaired) electrons. The largest absolute Gasteiger partial charge is 0.493 e. The van der Waals surface area contributed by atoms with Crippen LogP contribution in [-0.4, -0.2) is 50.1 Å². The van der Waals surface area contributed by atoms with Gasteiger partial charge < -0.3 is 25.5 Å². The van der Waals surface area contributed by atoms with Gasteiger partial charge in [-0.1, -0.05) is 20.8 Å². The summed E-state index contributed by atoms with van der Waals surface area (Å²) in [7, 11) is 0. The zero-order chi connectivity index (χ0) is 22.5. The van der Waals surface area contributed by atoms with Crippen LogP contribution < -0.4 is 20.9 Å². The molecule has 0 aliphatic rings. The third kappa shape index (κ3) is 5.23. The molecule has 0 saturated heterocycles. The summed E-state index contributed by atoms with van der Waals surface area (Å²) in [5.41, 5.74) is 2.18. The van der Waals surface area contributed by atoms with Gasteiger partial charge in [-0.05, 0) is 38.5 Å². The highest BCUT2D eigenvalue weighted by Gasteiger charge is 2.17. The molecule has 1 atom stereocenters. The number of aliphatic hydroxyl groups is 1. The fourth-order valence-corrected chi connectivity index (χ4v) is 3.42. The molecule has 9 heteroatoms. The summed E-state index contributed by atoms with van der Waals surface area (Å²) in [6.07, 6.45) is 0.851. The van der Waals surface area contributed by atoms with Crippen molar-refractivity contribution in [3.05, 3.63) is 40.1 Å². The van der Waals surface area contributed by atoms with Gasteiger partial charge in [-0.2, -0.15) is 0 Å². The Hall–Kier alpha value is -2.91. The number of nitrogens with one attached hydrogen (secondary N) is 3. The van der Waals surface area contributed by atoms with Crippen molar-refractivity contribution in [1.29, 1.82) is 0 Å². The van der Waals surface area contributed by atoms with Crippen LogP contribution >= 0.6 is 0 Å². The maximum Gasteiger partial charge on any atom is 0.277 e. The maximum absolute atomic E-state index is 12.8. The Bertz CT molecular complexity index is 1090. The van der Waals surface area contributed by atoms with Crippen LogP contribution in [0.1, 0.15) is 45.6 Å². The molecule has 4 N–H and O–H groups in total. The van der Waals surface area contributed by atoms with Crippen molar-refractivity contribution in [2.75, 3.05) is 18.5 Å². The minimum Gasteiger partial charge on any atom is -0.493 e. The Morgan fingerprint density at radius 2 is 2.06 bits per heavy atom. The summed E-state index contributed by atoms with van der Waals surface area (Å²) < 4.78 is 7.40. The summed E-state index contributed by atoms with van der Waals surface area (Å²) in [6, 6.07) is 5.72. The lowest BCUT2D eigenvalue weighted by Crippen LogP contribution is -2.36.